The van der Waals surface area contributed by atoms with Crippen LogP contribution in [-0.4, -0.2) is 51.9 Å². The van der Waals surface area contributed by atoms with Gasteiger partial charge in [0, 0.05) is 71.5 Å². The largest absolute Gasteiger partial charge is 0.384 e. The molecule has 2 aromatic carbocycles. The van der Waals surface area contributed by atoms with Gasteiger partial charge < -0.3 is 20.9 Å². The highest BCUT2D eigenvalue weighted by Crippen LogP contribution is 2.24. The maximum absolute atomic E-state index is 12.7. The fourth-order valence-electron chi connectivity index (χ4n) is 4.78. The van der Waals surface area contributed by atoms with Gasteiger partial charge in [0.25, 0.3) is 5.91 Å². The van der Waals surface area contributed by atoms with E-state index in [9.17, 15) is 4.79 Å². The fourth-order valence-corrected chi connectivity index (χ4v) is 4.95. The second-order valence-electron chi connectivity index (χ2n) is 9.85. The van der Waals surface area contributed by atoms with Crippen LogP contribution in [0.25, 0.3) is 10.9 Å². The van der Waals surface area contributed by atoms with E-state index in [1.165, 1.54) is 6.42 Å². The Labute approximate surface area is 234 Å². The van der Waals surface area contributed by atoms with E-state index in [-0.39, 0.29) is 5.91 Å². The molecule has 0 aliphatic carbocycles. The number of rotatable bonds is 10. The summed E-state index contributed by atoms with van der Waals surface area (Å²) in [6.45, 7) is 5.27. The molecular formula is C30H34ClN7O. The molecule has 0 bridgehead atoms. The number of anilines is 4. The van der Waals surface area contributed by atoms with E-state index < -0.39 is 0 Å². The van der Waals surface area contributed by atoms with Gasteiger partial charge >= 0.3 is 0 Å². The predicted molar refractivity (Wildman–Crippen MR) is 159 cm³/mol. The zero-order valence-corrected chi connectivity index (χ0v) is 23.0. The van der Waals surface area contributed by atoms with Gasteiger partial charge in [-0.05, 0) is 87.6 Å². The van der Waals surface area contributed by atoms with Crippen LogP contribution in [0, 0.1) is 6.92 Å². The van der Waals surface area contributed by atoms with Crippen LogP contribution in [-0.2, 0) is 0 Å². The molecule has 1 aliphatic rings. The summed E-state index contributed by atoms with van der Waals surface area (Å²) < 4.78 is 0. The smallest absolute Gasteiger partial charge is 0.253 e. The molecule has 0 spiro atoms. The van der Waals surface area contributed by atoms with Crippen molar-refractivity contribution in [2.45, 2.75) is 39.0 Å². The van der Waals surface area contributed by atoms with Crippen molar-refractivity contribution in [1.82, 2.24) is 19.9 Å². The van der Waals surface area contributed by atoms with Gasteiger partial charge in [-0.15, -0.1) is 0 Å². The number of nitrogens with one attached hydrogen (secondary N) is 3. The first kappa shape index (κ1) is 26.7. The average Bonchev–Trinajstić information content (AvgIpc) is 2.95. The summed E-state index contributed by atoms with van der Waals surface area (Å²) in [5.74, 6) is 1.42. The van der Waals surface area contributed by atoms with Gasteiger partial charge in [0.2, 0.25) is 5.95 Å². The molecule has 39 heavy (non-hydrogen) atoms. The second kappa shape index (κ2) is 12.8. The lowest BCUT2D eigenvalue weighted by Gasteiger charge is -2.26. The van der Waals surface area contributed by atoms with Crippen LogP contribution in [0.4, 0.5) is 23.1 Å². The van der Waals surface area contributed by atoms with Crippen LogP contribution in [0.5, 0.6) is 0 Å². The van der Waals surface area contributed by atoms with Gasteiger partial charge in [-0.3, -0.25) is 9.78 Å². The molecular weight excluding hydrogens is 510 g/mol. The molecule has 9 heteroatoms. The number of aromatic nitrogens is 3. The number of carbonyl (C=O) groups excluding carboxylic acids is 1. The number of pyridine rings is 1. The molecule has 2 aromatic heterocycles. The zero-order valence-electron chi connectivity index (χ0n) is 22.2. The van der Waals surface area contributed by atoms with Crippen molar-refractivity contribution in [3.63, 3.8) is 0 Å². The second-order valence-corrected chi connectivity index (χ2v) is 10.3. The SMILES string of the molecule is Cc1cc(Nc2ccc(C(=O)N3CCCCC3)cc2)nc(NCCCCNc2ccnc3cc(Cl)ccc23)n1. The van der Waals surface area contributed by atoms with Crippen molar-refractivity contribution >= 4 is 51.6 Å². The maximum atomic E-state index is 12.7. The van der Waals surface area contributed by atoms with E-state index in [1.807, 2.05) is 66.4 Å². The van der Waals surface area contributed by atoms with Crippen molar-refractivity contribution in [3.8, 4) is 0 Å². The molecule has 4 aromatic rings. The first-order chi connectivity index (χ1) is 19.0. The standard InChI is InChI=1S/C30H34ClN7O/c1-21-19-28(36-24-10-7-22(8-11-24)29(39)38-17-5-2-6-18-38)37-30(35-21)34-15-4-3-14-32-26-13-16-33-27-20-23(31)9-12-25(26)27/h7-13,16,19-20H,2-6,14-15,17-18H2,1H3,(H,32,33)(H2,34,35,36,37). The number of halogens is 1. The number of amides is 1. The molecule has 0 unspecified atom stereocenters. The van der Waals surface area contributed by atoms with E-state index in [1.54, 1.807) is 6.20 Å². The van der Waals surface area contributed by atoms with Gasteiger partial charge in [-0.2, -0.15) is 4.98 Å². The maximum Gasteiger partial charge on any atom is 0.253 e. The number of likely N-dealkylation sites (tertiary alicyclic amines) is 1. The lowest BCUT2D eigenvalue weighted by Crippen LogP contribution is -2.35. The summed E-state index contributed by atoms with van der Waals surface area (Å²) in [5.41, 5.74) is 4.42. The lowest BCUT2D eigenvalue weighted by atomic mass is 10.1. The molecule has 3 N–H and O–H groups in total. The average molecular weight is 544 g/mol. The highest BCUT2D eigenvalue weighted by molar-refractivity contribution is 6.31. The Morgan fingerprint density at radius 2 is 1.69 bits per heavy atom. The van der Waals surface area contributed by atoms with Crippen molar-refractivity contribution in [2.24, 2.45) is 0 Å². The summed E-state index contributed by atoms with van der Waals surface area (Å²) in [6.07, 6.45) is 7.14. The lowest BCUT2D eigenvalue weighted by molar-refractivity contribution is 0.0724. The monoisotopic (exact) mass is 543 g/mol. The molecule has 202 valence electrons. The minimum absolute atomic E-state index is 0.111. The summed E-state index contributed by atoms with van der Waals surface area (Å²) in [6, 6.07) is 17.3. The highest BCUT2D eigenvalue weighted by Gasteiger charge is 2.18. The van der Waals surface area contributed by atoms with Crippen molar-refractivity contribution in [2.75, 3.05) is 42.1 Å². The molecule has 0 saturated carbocycles. The Bertz CT molecular complexity index is 1420. The number of piperidine rings is 1. The van der Waals surface area contributed by atoms with Gasteiger partial charge in [-0.25, -0.2) is 4.98 Å². The highest BCUT2D eigenvalue weighted by atomic mass is 35.5. The van der Waals surface area contributed by atoms with Crippen molar-refractivity contribution < 1.29 is 4.79 Å². The van der Waals surface area contributed by atoms with Gasteiger partial charge in [0.1, 0.15) is 5.82 Å². The summed E-state index contributed by atoms with van der Waals surface area (Å²) in [5, 5.41) is 11.9. The van der Waals surface area contributed by atoms with Gasteiger partial charge in [0.05, 0.1) is 5.52 Å². The summed E-state index contributed by atoms with van der Waals surface area (Å²) in [7, 11) is 0. The topological polar surface area (TPSA) is 95.1 Å². The quantitative estimate of drug-likeness (QED) is 0.192. The molecule has 1 aliphatic heterocycles. The number of aryl methyl sites for hydroxylation is 1. The van der Waals surface area contributed by atoms with Gasteiger partial charge in [0.15, 0.2) is 0 Å². The molecule has 0 radical (unpaired) electrons. The number of carbonyl (C=O) groups is 1. The van der Waals surface area contributed by atoms with E-state index >= 15 is 0 Å². The molecule has 0 atom stereocenters. The number of unbranched alkanes of at least 4 members (excludes halogenated alkanes) is 1. The molecule has 3 heterocycles. The van der Waals surface area contributed by atoms with Crippen molar-refractivity contribution in [3.05, 3.63) is 77.1 Å². The molecule has 1 fully saturated rings. The Kier molecular flexibility index (Phi) is 8.73. The van der Waals surface area contributed by atoms with E-state index in [0.29, 0.717) is 16.8 Å². The van der Waals surface area contributed by atoms with Crippen LogP contribution in [0.1, 0.15) is 48.2 Å². The van der Waals surface area contributed by atoms with E-state index in [0.717, 1.165) is 85.4 Å². The Hall–Kier alpha value is -3.91. The van der Waals surface area contributed by atoms with E-state index in [4.69, 9.17) is 11.6 Å². The Morgan fingerprint density at radius 1 is 0.923 bits per heavy atom. The van der Waals surface area contributed by atoms with Crippen LogP contribution in [0.2, 0.25) is 5.02 Å². The van der Waals surface area contributed by atoms with Crippen LogP contribution < -0.4 is 16.0 Å². The minimum Gasteiger partial charge on any atom is -0.384 e. The zero-order chi connectivity index (χ0) is 27.0. The number of benzene rings is 2. The van der Waals surface area contributed by atoms with Crippen molar-refractivity contribution in [1.29, 1.82) is 0 Å². The molecule has 8 nitrogen and oxygen atoms in total. The number of hydrogen-bond acceptors (Lipinski definition) is 7. The minimum atomic E-state index is 0.111. The predicted octanol–water partition coefficient (Wildman–Crippen LogP) is 6.66. The molecule has 1 amide bonds. The molecule has 5 rings (SSSR count). The fraction of sp³-hybridized carbons (Fsp3) is 0.333. The van der Waals surface area contributed by atoms with Gasteiger partial charge in [-0.1, -0.05) is 11.6 Å². The summed E-state index contributed by atoms with van der Waals surface area (Å²) in [4.78, 5) is 28.2. The van der Waals surface area contributed by atoms with E-state index in [2.05, 4.69) is 30.9 Å². The Morgan fingerprint density at radius 3 is 2.49 bits per heavy atom. The first-order valence-corrected chi connectivity index (χ1v) is 14.0. The number of hydrogen-bond donors (Lipinski definition) is 3. The first-order valence-electron chi connectivity index (χ1n) is 13.6. The number of fused-ring (bicyclic) bond motifs is 1. The van der Waals surface area contributed by atoms with Crippen LogP contribution in [0.3, 0.4) is 0 Å². The number of nitrogens with zero attached hydrogens (tertiary/aromatic N) is 4. The molecule has 1 saturated heterocycles. The van der Waals surface area contributed by atoms with Crippen LogP contribution >= 0.6 is 11.6 Å². The summed E-state index contributed by atoms with van der Waals surface area (Å²) >= 11 is 6.09. The Balaban J connectivity index is 1.09. The third-order valence-corrected chi connectivity index (χ3v) is 7.04. The third kappa shape index (κ3) is 7.15. The third-order valence-electron chi connectivity index (χ3n) is 6.81. The normalized spacial score (nSPS) is 13.3. The van der Waals surface area contributed by atoms with Crippen LogP contribution in [0.15, 0.2) is 60.8 Å².